The van der Waals surface area contributed by atoms with Crippen molar-refractivity contribution in [3.63, 3.8) is 0 Å². The van der Waals surface area contributed by atoms with E-state index in [0.717, 1.165) is 37.3 Å². The molecule has 2 saturated carbocycles. The third-order valence-electron chi connectivity index (χ3n) is 8.65. The zero-order valence-electron chi connectivity index (χ0n) is 19.7. The van der Waals surface area contributed by atoms with E-state index in [9.17, 15) is 23.1 Å². The summed E-state index contributed by atoms with van der Waals surface area (Å²) in [6, 6.07) is 4.01. The van der Waals surface area contributed by atoms with Crippen LogP contribution >= 0.6 is 0 Å². The molecule has 12 heteroatoms. The van der Waals surface area contributed by atoms with Crippen molar-refractivity contribution in [1.29, 1.82) is 0 Å². The molecule has 0 unspecified atom stereocenters. The quantitative estimate of drug-likeness (QED) is 0.690. The van der Waals surface area contributed by atoms with Crippen molar-refractivity contribution in [3.05, 3.63) is 36.0 Å². The van der Waals surface area contributed by atoms with Crippen LogP contribution in [0.15, 0.2) is 24.7 Å². The van der Waals surface area contributed by atoms with Crippen LogP contribution in [0.4, 0.5) is 23.8 Å². The summed E-state index contributed by atoms with van der Waals surface area (Å²) >= 11 is 0. The van der Waals surface area contributed by atoms with E-state index in [1.807, 2.05) is 26.9 Å². The van der Waals surface area contributed by atoms with Gasteiger partial charge in [0.25, 0.3) is 0 Å². The van der Waals surface area contributed by atoms with Crippen molar-refractivity contribution < 1.29 is 23.1 Å². The number of hydrogen-bond acceptors (Lipinski definition) is 6. The van der Waals surface area contributed by atoms with Gasteiger partial charge in [-0.1, -0.05) is 6.07 Å². The highest BCUT2D eigenvalue weighted by molar-refractivity contribution is 5.77. The number of likely N-dealkylation sites (tertiary alicyclic amines) is 2. The van der Waals surface area contributed by atoms with Crippen molar-refractivity contribution in [2.24, 2.45) is 5.41 Å². The Bertz CT molecular complexity index is 1170. The molecule has 5 heterocycles. The Labute approximate surface area is 205 Å². The summed E-state index contributed by atoms with van der Waals surface area (Å²) in [5.41, 5.74) is -1.46. The molecule has 2 amide bonds. The summed E-state index contributed by atoms with van der Waals surface area (Å²) in [4.78, 5) is 26.8. The van der Waals surface area contributed by atoms with Crippen LogP contribution in [0.3, 0.4) is 0 Å². The average molecular weight is 504 g/mol. The standard InChI is InChI=1S/C24H28F3N7O2/c25-24(26,27)23(36)12-32(13-23)19-4-3-16(7-28-19)17-8-31(9-17)21(35)33-10-22(11-33)5-18(6-22)34-14-29-20(30-34)15-1-2-15/h3-4,7,14-15,17-18,36H,1-2,5-6,8-13H2. The first-order valence-corrected chi connectivity index (χ1v) is 12.6. The van der Waals surface area contributed by atoms with Gasteiger partial charge in [0.2, 0.25) is 0 Å². The van der Waals surface area contributed by atoms with Gasteiger partial charge in [-0.15, -0.1) is 0 Å². The summed E-state index contributed by atoms with van der Waals surface area (Å²) in [5, 5.41) is 14.3. The number of alkyl halides is 3. The Hall–Kier alpha value is -2.89. The molecule has 5 fully saturated rings. The van der Waals surface area contributed by atoms with Crippen LogP contribution in [0.25, 0.3) is 0 Å². The maximum absolute atomic E-state index is 12.9. The van der Waals surface area contributed by atoms with Crippen LogP contribution in [0.2, 0.25) is 0 Å². The largest absolute Gasteiger partial charge is 0.420 e. The number of β-amino-alcohol motifs (C(OH)–C–C–N with tert-alkyl or cyclic N) is 1. The Morgan fingerprint density at radius 1 is 1.00 bits per heavy atom. The number of aromatic nitrogens is 4. The first kappa shape index (κ1) is 22.3. The molecule has 9 nitrogen and oxygen atoms in total. The minimum atomic E-state index is -4.64. The second-order valence-corrected chi connectivity index (χ2v) is 11.5. The van der Waals surface area contributed by atoms with Gasteiger partial charge in [-0.2, -0.15) is 18.3 Å². The molecule has 3 saturated heterocycles. The Balaban J connectivity index is 0.863. The summed E-state index contributed by atoms with van der Waals surface area (Å²) in [7, 11) is 0. The second-order valence-electron chi connectivity index (χ2n) is 11.5. The van der Waals surface area contributed by atoms with Gasteiger partial charge in [0.15, 0.2) is 11.4 Å². The number of nitrogens with zero attached hydrogens (tertiary/aromatic N) is 7. The van der Waals surface area contributed by atoms with E-state index in [1.165, 1.54) is 17.7 Å². The van der Waals surface area contributed by atoms with Crippen LogP contribution in [0, 0.1) is 5.41 Å². The second kappa shape index (κ2) is 7.33. The Morgan fingerprint density at radius 2 is 1.72 bits per heavy atom. The van der Waals surface area contributed by atoms with Crippen molar-refractivity contribution in [2.75, 3.05) is 44.2 Å². The molecule has 2 aromatic heterocycles. The Kier molecular flexibility index (Phi) is 4.54. The van der Waals surface area contributed by atoms with E-state index < -0.39 is 24.9 Å². The summed E-state index contributed by atoms with van der Waals surface area (Å²) in [6.07, 6.45) is 3.37. The van der Waals surface area contributed by atoms with Crippen LogP contribution in [0.5, 0.6) is 0 Å². The summed E-state index contributed by atoms with van der Waals surface area (Å²) in [5.74, 6) is 2.13. The number of hydrogen-bond donors (Lipinski definition) is 1. The number of carbonyl (C=O) groups is 1. The van der Waals surface area contributed by atoms with Crippen molar-refractivity contribution in [2.45, 2.75) is 55.3 Å². The lowest BCUT2D eigenvalue weighted by atomic mass is 9.61. The third-order valence-corrected chi connectivity index (χ3v) is 8.65. The lowest BCUT2D eigenvalue weighted by molar-refractivity contribution is -0.267. The van der Waals surface area contributed by atoms with E-state index in [4.69, 9.17) is 0 Å². The van der Waals surface area contributed by atoms with Crippen LogP contribution < -0.4 is 4.90 Å². The fourth-order valence-corrected chi connectivity index (χ4v) is 6.07. The molecule has 2 aliphatic carbocycles. The minimum absolute atomic E-state index is 0.0775. The number of amides is 2. The van der Waals surface area contributed by atoms with Crippen LogP contribution in [-0.2, 0) is 0 Å². The first-order valence-electron chi connectivity index (χ1n) is 12.6. The topological polar surface area (TPSA) is 90.6 Å². The molecule has 0 radical (unpaired) electrons. The number of aliphatic hydroxyl groups is 1. The number of anilines is 1. The molecule has 2 aromatic rings. The molecular weight excluding hydrogens is 475 g/mol. The number of carbonyl (C=O) groups excluding carboxylic acids is 1. The fraction of sp³-hybridized carbons (Fsp3) is 0.667. The van der Waals surface area contributed by atoms with Gasteiger partial charge in [0.1, 0.15) is 12.1 Å². The average Bonchev–Trinajstić information content (AvgIpc) is 3.46. The first-order chi connectivity index (χ1) is 17.1. The van der Waals surface area contributed by atoms with Gasteiger partial charge in [-0.3, -0.25) is 0 Å². The molecule has 1 spiro atoms. The van der Waals surface area contributed by atoms with E-state index in [0.29, 0.717) is 30.9 Å². The number of urea groups is 1. The van der Waals surface area contributed by atoms with Gasteiger partial charge in [0, 0.05) is 49.6 Å². The molecule has 0 atom stereocenters. The third kappa shape index (κ3) is 3.47. The molecule has 36 heavy (non-hydrogen) atoms. The molecule has 7 rings (SSSR count). The SMILES string of the molecule is O=C(N1CC(c2ccc(N3CC(O)(C(F)(F)F)C3)nc2)C1)N1CC2(CC(n3cnc(C4CC4)n3)C2)C1. The summed E-state index contributed by atoms with van der Waals surface area (Å²) in [6.45, 7) is 1.81. The van der Waals surface area contributed by atoms with E-state index in [1.54, 1.807) is 12.3 Å². The van der Waals surface area contributed by atoms with Gasteiger partial charge in [0.05, 0.1) is 19.1 Å². The van der Waals surface area contributed by atoms with E-state index >= 15 is 0 Å². The van der Waals surface area contributed by atoms with Crippen molar-refractivity contribution in [3.8, 4) is 0 Å². The normalized spacial score (nSPS) is 25.3. The monoisotopic (exact) mass is 503 g/mol. The highest BCUT2D eigenvalue weighted by Gasteiger charge is 2.61. The maximum Gasteiger partial charge on any atom is 0.420 e. The molecule has 192 valence electrons. The van der Waals surface area contributed by atoms with Crippen LogP contribution in [-0.4, -0.2) is 91.7 Å². The summed E-state index contributed by atoms with van der Waals surface area (Å²) < 4.78 is 40.5. The minimum Gasteiger partial charge on any atom is -0.378 e. The lowest BCUT2D eigenvalue weighted by Gasteiger charge is -2.60. The Morgan fingerprint density at radius 3 is 2.33 bits per heavy atom. The zero-order valence-corrected chi connectivity index (χ0v) is 19.7. The highest BCUT2D eigenvalue weighted by Crippen LogP contribution is 2.54. The predicted molar refractivity (Wildman–Crippen MR) is 121 cm³/mol. The van der Waals surface area contributed by atoms with Crippen molar-refractivity contribution in [1.82, 2.24) is 29.5 Å². The van der Waals surface area contributed by atoms with Crippen LogP contribution in [0.1, 0.15) is 54.9 Å². The smallest absolute Gasteiger partial charge is 0.378 e. The molecule has 1 N–H and O–H groups in total. The number of rotatable bonds is 4. The van der Waals surface area contributed by atoms with Gasteiger partial charge in [-0.25, -0.2) is 19.4 Å². The molecule has 3 aliphatic heterocycles. The number of pyridine rings is 1. The highest BCUT2D eigenvalue weighted by atomic mass is 19.4. The molecule has 0 bridgehead atoms. The van der Waals surface area contributed by atoms with E-state index in [-0.39, 0.29) is 17.4 Å². The number of halogens is 3. The molecular formula is C24H28F3N7O2. The molecule has 0 aromatic carbocycles. The van der Waals surface area contributed by atoms with E-state index in [2.05, 4.69) is 15.1 Å². The van der Waals surface area contributed by atoms with Gasteiger partial charge >= 0.3 is 12.2 Å². The van der Waals surface area contributed by atoms with Gasteiger partial charge < -0.3 is 19.8 Å². The van der Waals surface area contributed by atoms with Crippen molar-refractivity contribution >= 4 is 11.8 Å². The van der Waals surface area contributed by atoms with Gasteiger partial charge in [-0.05, 0) is 37.3 Å². The predicted octanol–water partition coefficient (Wildman–Crippen LogP) is 2.52. The zero-order chi connectivity index (χ0) is 24.9. The molecule has 5 aliphatic rings. The lowest BCUT2D eigenvalue weighted by Crippen LogP contribution is -2.69. The maximum atomic E-state index is 12.9. The fourth-order valence-electron chi connectivity index (χ4n) is 6.07.